The molecule has 0 unspecified atom stereocenters. The van der Waals surface area contributed by atoms with E-state index in [-0.39, 0.29) is 0 Å². The van der Waals surface area contributed by atoms with Crippen molar-refractivity contribution in [1.29, 1.82) is 0 Å². The largest absolute Gasteiger partial charge is 0.461 e. The third-order valence-electron chi connectivity index (χ3n) is 3.91. The molecular formula is C18H31N7O2. The van der Waals surface area contributed by atoms with Crippen LogP contribution in [0.15, 0.2) is 27.8 Å². The van der Waals surface area contributed by atoms with E-state index in [9.17, 15) is 0 Å². The Kier molecular flexibility index (Phi) is 9.36. The summed E-state index contributed by atoms with van der Waals surface area (Å²) in [5.41, 5.74) is 0. The second-order valence-electron chi connectivity index (χ2n) is 6.17. The molecule has 3 N–H and O–H groups in total. The number of H-pyrrole nitrogens is 1. The monoisotopic (exact) mass is 377 g/mol. The predicted octanol–water partition coefficient (Wildman–Crippen LogP) is 1.13. The van der Waals surface area contributed by atoms with Crippen molar-refractivity contribution in [2.75, 3.05) is 53.5 Å². The summed E-state index contributed by atoms with van der Waals surface area (Å²) in [5.74, 6) is 2.86. The molecule has 9 nitrogen and oxygen atoms in total. The molecule has 0 aliphatic rings. The van der Waals surface area contributed by atoms with Crippen LogP contribution in [0.25, 0.3) is 11.6 Å². The Bertz CT molecular complexity index is 654. The van der Waals surface area contributed by atoms with Crippen LogP contribution in [0.4, 0.5) is 0 Å². The van der Waals surface area contributed by atoms with E-state index in [0.29, 0.717) is 18.1 Å². The van der Waals surface area contributed by atoms with Gasteiger partial charge in [0.15, 0.2) is 11.7 Å². The Labute approximate surface area is 160 Å². The van der Waals surface area contributed by atoms with Gasteiger partial charge >= 0.3 is 0 Å². The van der Waals surface area contributed by atoms with E-state index in [0.717, 1.165) is 57.4 Å². The van der Waals surface area contributed by atoms with Crippen LogP contribution in [-0.2, 0) is 11.2 Å². The van der Waals surface area contributed by atoms with Crippen LogP contribution < -0.4 is 10.6 Å². The number of methoxy groups -OCH3 is 1. The molecule has 2 heterocycles. The lowest BCUT2D eigenvalue weighted by Gasteiger charge is -2.16. The third kappa shape index (κ3) is 7.79. The van der Waals surface area contributed by atoms with Crippen LogP contribution in [0.1, 0.15) is 19.2 Å². The molecule has 0 aliphatic heterocycles. The third-order valence-corrected chi connectivity index (χ3v) is 3.91. The van der Waals surface area contributed by atoms with E-state index in [1.165, 1.54) is 0 Å². The molecule has 0 amide bonds. The molecule has 9 heteroatoms. The Morgan fingerprint density at radius 3 is 3.00 bits per heavy atom. The number of aromatic nitrogens is 3. The van der Waals surface area contributed by atoms with Gasteiger partial charge in [-0.05, 0) is 32.5 Å². The van der Waals surface area contributed by atoms with E-state index in [4.69, 9.17) is 9.15 Å². The van der Waals surface area contributed by atoms with Crippen molar-refractivity contribution >= 4 is 5.96 Å². The number of rotatable bonds is 12. The summed E-state index contributed by atoms with van der Waals surface area (Å²) in [6.07, 6.45) is 3.36. The lowest BCUT2D eigenvalue weighted by atomic mass is 10.4. The lowest BCUT2D eigenvalue weighted by Crippen LogP contribution is -2.39. The fourth-order valence-corrected chi connectivity index (χ4v) is 2.49. The van der Waals surface area contributed by atoms with Crippen molar-refractivity contribution < 1.29 is 9.15 Å². The molecule has 0 aliphatic carbocycles. The Hall–Kier alpha value is -2.39. The maximum atomic E-state index is 5.30. The van der Waals surface area contributed by atoms with Gasteiger partial charge < -0.3 is 24.7 Å². The highest BCUT2D eigenvalue weighted by molar-refractivity contribution is 5.79. The zero-order chi connectivity index (χ0) is 19.3. The number of hydrogen-bond acceptors (Lipinski definition) is 6. The molecule has 0 bridgehead atoms. The van der Waals surface area contributed by atoms with E-state index < -0.39 is 0 Å². The molecule has 2 aromatic rings. The minimum Gasteiger partial charge on any atom is -0.461 e. The summed E-state index contributed by atoms with van der Waals surface area (Å²) in [4.78, 5) is 11.3. The van der Waals surface area contributed by atoms with Gasteiger partial charge in [-0.25, -0.2) is 4.98 Å². The van der Waals surface area contributed by atoms with Crippen LogP contribution in [0.5, 0.6) is 0 Å². The van der Waals surface area contributed by atoms with Crippen LogP contribution >= 0.6 is 0 Å². The number of hydrogen-bond donors (Lipinski definition) is 3. The van der Waals surface area contributed by atoms with Gasteiger partial charge in [0.05, 0.1) is 12.8 Å². The maximum absolute atomic E-state index is 5.30. The predicted molar refractivity (Wildman–Crippen MR) is 106 cm³/mol. The molecule has 2 rings (SSSR count). The first-order chi connectivity index (χ1) is 13.2. The summed E-state index contributed by atoms with van der Waals surface area (Å²) in [7, 11) is 3.83. The van der Waals surface area contributed by atoms with Crippen molar-refractivity contribution in [3.8, 4) is 11.6 Å². The summed E-state index contributed by atoms with van der Waals surface area (Å²) in [6, 6.07) is 3.66. The number of likely N-dealkylation sites (N-methyl/N-ethyl adjacent to an activating group) is 1. The van der Waals surface area contributed by atoms with E-state index >= 15 is 0 Å². The lowest BCUT2D eigenvalue weighted by molar-refractivity contribution is 0.180. The van der Waals surface area contributed by atoms with Gasteiger partial charge in [0, 0.05) is 46.3 Å². The van der Waals surface area contributed by atoms with Crippen LogP contribution in [0, 0.1) is 0 Å². The van der Waals surface area contributed by atoms with Gasteiger partial charge in [0.25, 0.3) is 0 Å². The molecule has 0 saturated carbocycles. The Balaban J connectivity index is 1.72. The van der Waals surface area contributed by atoms with Crippen LogP contribution in [0.2, 0.25) is 0 Å². The highest BCUT2D eigenvalue weighted by Gasteiger charge is 2.08. The van der Waals surface area contributed by atoms with Crippen molar-refractivity contribution in [2.45, 2.75) is 19.8 Å². The average molecular weight is 377 g/mol. The molecule has 150 valence electrons. The van der Waals surface area contributed by atoms with Crippen molar-refractivity contribution in [3.63, 3.8) is 0 Å². The number of ether oxygens (including phenoxy) is 1. The summed E-state index contributed by atoms with van der Waals surface area (Å²) >= 11 is 0. The number of aromatic amines is 1. The highest BCUT2D eigenvalue weighted by Crippen LogP contribution is 2.14. The van der Waals surface area contributed by atoms with Gasteiger partial charge in [-0.15, -0.1) is 0 Å². The molecule has 2 aromatic heterocycles. The first-order valence-electron chi connectivity index (χ1n) is 9.37. The Morgan fingerprint density at radius 2 is 2.26 bits per heavy atom. The number of guanidine groups is 1. The smallest absolute Gasteiger partial charge is 0.216 e. The second-order valence-corrected chi connectivity index (χ2v) is 6.17. The summed E-state index contributed by atoms with van der Waals surface area (Å²) in [5, 5.41) is 13.7. The zero-order valence-corrected chi connectivity index (χ0v) is 16.5. The zero-order valence-electron chi connectivity index (χ0n) is 16.5. The number of aliphatic imine (C=N–C) groups is 1. The standard InChI is InChI=1S/C18H31N7O2/c1-4-19-18(21-10-12-25(2)11-6-13-26-3)20-9-8-16-22-17(24-23-16)15-7-5-14-27-15/h5,7,14H,4,6,8-13H2,1-3H3,(H2,19,20,21)(H,22,23,24). The minimum absolute atomic E-state index is 0.576. The van der Waals surface area contributed by atoms with Crippen LogP contribution in [0.3, 0.4) is 0 Å². The fourth-order valence-electron chi connectivity index (χ4n) is 2.49. The fraction of sp³-hybridized carbons (Fsp3) is 0.611. The normalized spacial score (nSPS) is 11.9. The molecule has 0 saturated heterocycles. The molecular weight excluding hydrogens is 346 g/mol. The molecule has 0 spiro atoms. The van der Waals surface area contributed by atoms with E-state index in [1.54, 1.807) is 13.4 Å². The first kappa shape index (κ1) is 20.9. The highest BCUT2D eigenvalue weighted by atomic mass is 16.5. The SMILES string of the molecule is CCNC(=NCCN(C)CCCOC)NCCc1nc(-c2ccco2)n[nH]1. The van der Waals surface area contributed by atoms with Gasteiger partial charge in [-0.3, -0.25) is 10.1 Å². The van der Waals surface area contributed by atoms with Gasteiger partial charge in [-0.1, -0.05) is 0 Å². The summed E-state index contributed by atoms with van der Waals surface area (Å²) in [6.45, 7) is 7.04. The number of nitrogens with zero attached hydrogens (tertiary/aromatic N) is 4. The molecule has 0 atom stereocenters. The van der Waals surface area contributed by atoms with Crippen molar-refractivity contribution in [2.24, 2.45) is 4.99 Å². The quantitative estimate of drug-likeness (QED) is 0.289. The number of furan rings is 1. The van der Waals surface area contributed by atoms with E-state index in [2.05, 4.69) is 49.7 Å². The first-order valence-corrected chi connectivity index (χ1v) is 9.37. The van der Waals surface area contributed by atoms with E-state index in [1.807, 2.05) is 12.1 Å². The van der Waals surface area contributed by atoms with Crippen molar-refractivity contribution in [1.82, 2.24) is 30.7 Å². The topological polar surface area (TPSA) is 104 Å². The van der Waals surface area contributed by atoms with Gasteiger partial charge in [0.1, 0.15) is 5.82 Å². The maximum Gasteiger partial charge on any atom is 0.216 e. The Morgan fingerprint density at radius 1 is 1.37 bits per heavy atom. The van der Waals surface area contributed by atoms with Gasteiger partial charge in [-0.2, -0.15) is 5.10 Å². The second kappa shape index (κ2) is 12.1. The van der Waals surface area contributed by atoms with Crippen molar-refractivity contribution in [3.05, 3.63) is 24.2 Å². The molecule has 27 heavy (non-hydrogen) atoms. The van der Waals surface area contributed by atoms with Crippen LogP contribution in [-0.4, -0.2) is 79.5 Å². The average Bonchev–Trinajstić information content (AvgIpc) is 3.33. The number of nitrogens with one attached hydrogen (secondary N) is 3. The summed E-state index contributed by atoms with van der Waals surface area (Å²) < 4.78 is 10.4. The molecule has 0 radical (unpaired) electrons. The minimum atomic E-state index is 0.576. The molecule has 0 fully saturated rings. The molecule has 0 aromatic carbocycles. The van der Waals surface area contributed by atoms with Gasteiger partial charge in [0.2, 0.25) is 5.82 Å².